The van der Waals surface area contributed by atoms with Crippen LogP contribution in [0, 0.1) is 5.92 Å². The Kier molecular flexibility index (Phi) is 3.86. The minimum atomic E-state index is -0.106. The number of halogens is 1. The summed E-state index contributed by atoms with van der Waals surface area (Å²) in [6, 6.07) is 11.6. The Bertz CT molecular complexity index is 998. The summed E-state index contributed by atoms with van der Waals surface area (Å²) in [5.41, 5.74) is 2.89. The topological polar surface area (TPSA) is 55.6 Å². The van der Waals surface area contributed by atoms with Crippen molar-refractivity contribution in [3.63, 3.8) is 0 Å². The quantitative estimate of drug-likeness (QED) is 0.753. The van der Waals surface area contributed by atoms with Crippen LogP contribution in [0.4, 0.5) is 0 Å². The molecule has 1 spiro atoms. The van der Waals surface area contributed by atoms with Gasteiger partial charge < -0.3 is 14.5 Å². The van der Waals surface area contributed by atoms with Crippen LogP contribution in [0.25, 0.3) is 5.65 Å². The van der Waals surface area contributed by atoms with Crippen LogP contribution in [0.15, 0.2) is 48.8 Å². The number of amides is 1. The molecule has 27 heavy (non-hydrogen) atoms. The number of rotatable bonds is 4. The predicted octanol–water partition coefficient (Wildman–Crippen LogP) is 3.39. The van der Waals surface area contributed by atoms with Crippen LogP contribution >= 0.6 is 11.6 Å². The minimum Gasteiger partial charge on any atom is -0.493 e. The van der Waals surface area contributed by atoms with Crippen molar-refractivity contribution in [2.24, 2.45) is 5.92 Å². The number of fused-ring (bicyclic) bond motifs is 3. The van der Waals surface area contributed by atoms with Crippen LogP contribution in [0.3, 0.4) is 0 Å². The van der Waals surface area contributed by atoms with Crippen molar-refractivity contribution in [2.75, 3.05) is 13.2 Å². The van der Waals surface area contributed by atoms with E-state index in [1.165, 1.54) is 0 Å². The third-order valence-electron chi connectivity index (χ3n) is 5.77. The number of hydrogen-bond acceptors (Lipinski definition) is 3. The van der Waals surface area contributed by atoms with E-state index in [0.717, 1.165) is 41.9 Å². The van der Waals surface area contributed by atoms with Gasteiger partial charge in [0, 0.05) is 47.3 Å². The molecule has 2 aromatic heterocycles. The van der Waals surface area contributed by atoms with E-state index in [1.807, 2.05) is 53.2 Å². The highest BCUT2D eigenvalue weighted by molar-refractivity contribution is 6.30. The first-order chi connectivity index (χ1) is 13.2. The zero-order valence-electron chi connectivity index (χ0n) is 14.8. The maximum Gasteiger partial charge on any atom is 0.224 e. The highest BCUT2D eigenvalue weighted by Gasteiger charge is 2.61. The number of pyridine rings is 1. The standard InChI is InChI=1S/C21H20ClN3O2/c22-14-4-5-18-16(11-14)21(7-10-27-18)12-17(21)20(26)23-8-6-15-13-25-9-2-1-3-19(25)24-15/h1-5,9,11,13,17H,6-8,10,12H2,(H,23,26)/t17-,21-/m0/s1. The highest BCUT2D eigenvalue weighted by Crippen LogP contribution is 2.61. The Morgan fingerprint density at radius 2 is 2.30 bits per heavy atom. The molecule has 0 unspecified atom stereocenters. The first kappa shape index (κ1) is 16.6. The number of carbonyl (C=O) groups excluding carboxylic acids is 1. The Hall–Kier alpha value is -2.53. The predicted molar refractivity (Wildman–Crippen MR) is 103 cm³/mol. The fraction of sp³-hybridized carbons (Fsp3) is 0.333. The second-order valence-corrected chi connectivity index (χ2v) is 7.83. The molecular weight excluding hydrogens is 362 g/mol. The average Bonchev–Trinajstić information content (AvgIpc) is 3.23. The molecule has 1 fully saturated rings. The number of hydrogen-bond donors (Lipinski definition) is 1. The lowest BCUT2D eigenvalue weighted by Crippen LogP contribution is -2.32. The van der Waals surface area contributed by atoms with Crippen molar-refractivity contribution < 1.29 is 9.53 Å². The first-order valence-electron chi connectivity index (χ1n) is 9.29. The number of carbonyl (C=O) groups is 1. The summed E-state index contributed by atoms with van der Waals surface area (Å²) in [4.78, 5) is 17.3. The maximum atomic E-state index is 12.7. The average molecular weight is 382 g/mol. The summed E-state index contributed by atoms with van der Waals surface area (Å²) in [7, 11) is 0. The van der Waals surface area contributed by atoms with Gasteiger partial charge in [0.2, 0.25) is 5.91 Å². The lowest BCUT2D eigenvalue weighted by atomic mass is 9.87. The van der Waals surface area contributed by atoms with Crippen LogP contribution < -0.4 is 10.1 Å². The van der Waals surface area contributed by atoms with Gasteiger partial charge in [-0.1, -0.05) is 17.7 Å². The fourth-order valence-electron chi connectivity index (χ4n) is 4.26. The van der Waals surface area contributed by atoms with Gasteiger partial charge in [0.1, 0.15) is 11.4 Å². The molecule has 1 aliphatic carbocycles. The third kappa shape index (κ3) is 2.86. The second-order valence-electron chi connectivity index (χ2n) is 7.39. The smallest absolute Gasteiger partial charge is 0.224 e. The van der Waals surface area contributed by atoms with Gasteiger partial charge in [0.15, 0.2) is 0 Å². The highest BCUT2D eigenvalue weighted by atomic mass is 35.5. The third-order valence-corrected chi connectivity index (χ3v) is 6.00. The van der Waals surface area contributed by atoms with Gasteiger partial charge >= 0.3 is 0 Å². The summed E-state index contributed by atoms with van der Waals surface area (Å²) in [5, 5.41) is 3.78. The number of aromatic nitrogens is 2. The molecule has 0 radical (unpaired) electrons. The van der Waals surface area contributed by atoms with E-state index < -0.39 is 0 Å². The van der Waals surface area contributed by atoms with Crippen molar-refractivity contribution >= 4 is 23.2 Å². The maximum absolute atomic E-state index is 12.7. The van der Waals surface area contributed by atoms with Gasteiger partial charge in [-0.15, -0.1) is 0 Å². The van der Waals surface area contributed by atoms with Crippen LogP contribution in [0.2, 0.25) is 5.02 Å². The van der Waals surface area contributed by atoms with E-state index in [1.54, 1.807) is 0 Å². The largest absolute Gasteiger partial charge is 0.493 e. The SMILES string of the molecule is O=C(NCCc1cn2ccccc2n1)[C@@H]1C[C@]12CCOc1ccc(Cl)cc12. The Labute approximate surface area is 162 Å². The van der Waals surface area contributed by atoms with Crippen LogP contribution in [-0.4, -0.2) is 28.4 Å². The van der Waals surface area contributed by atoms with Gasteiger partial charge in [-0.05, 0) is 43.2 Å². The van der Waals surface area contributed by atoms with E-state index in [4.69, 9.17) is 16.3 Å². The summed E-state index contributed by atoms with van der Waals surface area (Å²) < 4.78 is 7.74. The Morgan fingerprint density at radius 3 is 3.19 bits per heavy atom. The van der Waals surface area contributed by atoms with Crippen molar-refractivity contribution in [3.05, 3.63) is 65.1 Å². The summed E-state index contributed by atoms with van der Waals surface area (Å²) in [6.45, 7) is 1.24. The van der Waals surface area contributed by atoms with E-state index in [-0.39, 0.29) is 17.2 Å². The molecular formula is C21H20ClN3O2. The molecule has 138 valence electrons. The number of ether oxygens (including phenoxy) is 1. The molecule has 1 aromatic carbocycles. The van der Waals surface area contributed by atoms with E-state index in [0.29, 0.717) is 18.2 Å². The Morgan fingerprint density at radius 1 is 1.37 bits per heavy atom. The number of nitrogens with one attached hydrogen (secondary N) is 1. The monoisotopic (exact) mass is 381 g/mol. The first-order valence-corrected chi connectivity index (χ1v) is 9.67. The molecule has 3 heterocycles. The normalized spacial score (nSPS) is 23.1. The summed E-state index contributed by atoms with van der Waals surface area (Å²) in [5.74, 6) is 0.983. The minimum absolute atomic E-state index is 0.000291. The molecule has 2 atom stereocenters. The molecule has 6 heteroatoms. The van der Waals surface area contributed by atoms with Crippen LogP contribution in [-0.2, 0) is 16.6 Å². The fourth-order valence-corrected chi connectivity index (χ4v) is 4.43. The van der Waals surface area contributed by atoms with Gasteiger partial charge in [-0.2, -0.15) is 0 Å². The van der Waals surface area contributed by atoms with Gasteiger partial charge in [-0.25, -0.2) is 4.98 Å². The van der Waals surface area contributed by atoms with Crippen molar-refractivity contribution in [3.8, 4) is 5.75 Å². The van der Waals surface area contributed by atoms with Crippen LogP contribution in [0.5, 0.6) is 5.75 Å². The van der Waals surface area contributed by atoms with Crippen molar-refractivity contribution in [2.45, 2.75) is 24.7 Å². The number of imidazole rings is 1. The molecule has 1 aliphatic heterocycles. The van der Waals surface area contributed by atoms with Gasteiger partial charge in [0.05, 0.1) is 12.3 Å². The summed E-state index contributed by atoms with van der Waals surface area (Å²) in [6.07, 6.45) is 6.44. The van der Waals surface area contributed by atoms with E-state index in [2.05, 4.69) is 10.3 Å². The van der Waals surface area contributed by atoms with Gasteiger partial charge in [-0.3, -0.25) is 4.79 Å². The Balaban J connectivity index is 1.24. The molecule has 5 rings (SSSR count). The van der Waals surface area contributed by atoms with Gasteiger partial charge in [0.25, 0.3) is 0 Å². The second kappa shape index (κ2) is 6.27. The number of nitrogens with zero attached hydrogens (tertiary/aromatic N) is 2. The molecule has 1 N–H and O–H groups in total. The van der Waals surface area contributed by atoms with E-state index >= 15 is 0 Å². The zero-order chi connectivity index (χ0) is 18.4. The van der Waals surface area contributed by atoms with E-state index in [9.17, 15) is 4.79 Å². The molecule has 1 amide bonds. The zero-order valence-corrected chi connectivity index (χ0v) is 15.6. The molecule has 5 nitrogen and oxygen atoms in total. The number of benzene rings is 1. The lowest BCUT2D eigenvalue weighted by Gasteiger charge is -2.27. The molecule has 0 saturated heterocycles. The molecule has 0 bridgehead atoms. The van der Waals surface area contributed by atoms with Crippen LogP contribution in [0.1, 0.15) is 24.1 Å². The lowest BCUT2D eigenvalue weighted by molar-refractivity contribution is -0.122. The summed E-state index contributed by atoms with van der Waals surface area (Å²) >= 11 is 6.18. The molecule has 2 aliphatic rings. The molecule has 1 saturated carbocycles. The van der Waals surface area contributed by atoms with Crippen molar-refractivity contribution in [1.29, 1.82) is 0 Å². The molecule has 3 aromatic rings. The van der Waals surface area contributed by atoms with Crippen molar-refractivity contribution in [1.82, 2.24) is 14.7 Å².